The number of halogens is 2. The predicted octanol–water partition coefficient (Wildman–Crippen LogP) is 2.70. The minimum atomic E-state index is -1.30. The van der Waals surface area contributed by atoms with Crippen LogP contribution in [0.2, 0.25) is 5.15 Å². The lowest BCUT2D eigenvalue weighted by Gasteiger charge is -2.37. The van der Waals surface area contributed by atoms with Crippen molar-refractivity contribution in [2.45, 2.75) is 45.1 Å². The van der Waals surface area contributed by atoms with Gasteiger partial charge in [-0.05, 0) is 33.3 Å². The van der Waals surface area contributed by atoms with Crippen LogP contribution in [0.3, 0.4) is 0 Å². The maximum atomic E-state index is 13.9. The lowest BCUT2D eigenvalue weighted by molar-refractivity contribution is 0.0240. The number of amides is 1. The highest BCUT2D eigenvalue weighted by Crippen LogP contribution is 2.28. The summed E-state index contributed by atoms with van der Waals surface area (Å²) in [4.78, 5) is 22.2. The van der Waals surface area contributed by atoms with Crippen molar-refractivity contribution in [1.82, 2.24) is 9.88 Å². The molecule has 156 valence electrons. The average Bonchev–Trinajstić information content (AvgIpc) is 2.62. The number of aromatic nitrogens is 1. The molecule has 7 nitrogen and oxygen atoms in total. The van der Waals surface area contributed by atoms with E-state index in [1.165, 1.54) is 0 Å². The Balaban J connectivity index is 1.65. The molecular formula is C19H28ClFN4O3. The molecule has 1 N–H and O–H groups in total. The van der Waals surface area contributed by atoms with E-state index >= 15 is 0 Å². The molecule has 2 fully saturated rings. The number of alkyl halides is 1. The number of pyridine rings is 1. The van der Waals surface area contributed by atoms with Gasteiger partial charge in [0.1, 0.15) is 22.7 Å². The van der Waals surface area contributed by atoms with Crippen molar-refractivity contribution in [3.8, 4) is 0 Å². The molecule has 2 aliphatic rings. The van der Waals surface area contributed by atoms with Gasteiger partial charge in [0.25, 0.3) is 0 Å². The van der Waals surface area contributed by atoms with Crippen LogP contribution in [-0.2, 0) is 4.74 Å². The van der Waals surface area contributed by atoms with E-state index in [0.29, 0.717) is 50.1 Å². The van der Waals surface area contributed by atoms with Gasteiger partial charge in [-0.3, -0.25) is 0 Å². The average molecular weight is 415 g/mol. The number of hydrogen-bond donors (Lipinski definition) is 1. The standard InChI is InChI=1S/C19H28ClFN4O3/c1-19(2,3)28-18(27)24-8-6-23(7-9-24)13-10-16(20)22-17(11-13)25-5-4-15(26)14(21)12-25/h10-11,14-15,26H,4-9,12H2,1-3H3/t14-,15+/m1/s1. The number of carbonyl (C=O) groups excluding carboxylic acids is 1. The van der Waals surface area contributed by atoms with Gasteiger partial charge in [0.05, 0.1) is 12.6 Å². The molecule has 2 saturated heterocycles. The molecule has 3 rings (SSSR count). The SMILES string of the molecule is CC(C)(C)OC(=O)N1CCN(c2cc(Cl)nc(N3CC[C@H](O)[C@H](F)C3)c2)CC1. The number of aliphatic hydroxyl groups excluding tert-OH is 1. The van der Waals surface area contributed by atoms with Gasteiger partial charge in [-0.2, -0.15) is 0 Å². The Bertz CT molecular complexity index is 707. The summed E-state index contributed by atoms with van der Waals surface area (Å²) in [6.07, 6.45) is -2.16. The van der Waals surface area contributed by atoms with Crippen LogP contribution in [0.15, 0.2) is 12.1 Å². The fraction of sp³-hybridized carbons (Fsp3) is 0.684. The summed E-state index contributed by atoms with van der Waals surface area (Å²) in [6.45, 7) is 8.56. The Morgan fingerprint density at radius 1 is 1.21 bits per heavy atom. The third kappa shape index (κ3) is 5.17. The van der Waals surface area contributed by atoms with E-state index in [2.05, 4.69) is 9.88 Å². The van der Waals surface area contributed by atoms with Crippen LogP contribution in [-0.4, -0.2) is 78.2 Å². The van der Waals surface area contributed by atoms with Crippen LogP contribution in [0.1, 0.15) is 27.2 Å². The zero-order valence-electron chi connectivity index (χ0n) is 16.6. The first-order chi connectivity index (χ1) is 13.1. The van der Waals surface area contributed by atoms with Crippen molar-refractivity contribution in [2.24, 2.45) is 0 Å². The zero-order valence-corrected chi connectivity index (χ0v) is 17.3. The minimum absolute atomic E-state index is 0.0976. The van der Waals surface area contributed by atoms with Gasteiger partial charge in [0.15, 0.2) is 0 Å². The van der Waals surface area contributed by atoms with Crippen molar-refractivity contribution in [3.05, 3.63) is 17.3 Å². The monoisotopic (exact) mass is 414 g/mol. The van der Waals surface area contributed by atoms with Gasteiger partial charge in [0.2, 0.25) is 0 Å². The van der Waals surface area contributed by atoms with E-state index in [1.54, 1.807) is 11.0 Å². The van der Waals surface area contributed by atoms with Gasteiger partial charge in [0, 0.05) is 44.5 Å². The van der Waals surface area contributed by atoms with E-state index in [4.69, 9.17) is 16.3 Å². The van der Waals surface area contributed by atoms with Crippen molar-refractivity contribution in [1.29, 1.82) is 0 Å². The Morgan fingerprint density at radius 3 is 2.50 bits per heavy atom. The molecule has 0 bridgehead atoms. The molecule has 1 amide bonds. The van der Waals surface area contributed by atoms with E-state index < -0.39 is 17.9 Å². The molecule has 2 aliphatic heterocycles. The highest BCUT2D eigenvalue weighted by molar-refractivity contribution is 6.29. The van der Waals surface area contributed by atoms with Gasteiger partial charge in [-0.1, -0.05) is 11.6 Å². The quantitative estimate of drug-likeness (QED) is 0.750. The summed E-state index contributed by atoms with van der Waals surface area (Å²) >= 11 is 6.21. The van der Waals surface area contributed by atoms with Crippen molar-refractivity contribution in [3.63, 3.8) is 0 Å². The molecule has 0 spiro atoms. The first-order valence-electron chi connectivity index (χ1n) is 9.60. The molecule has 28 heavy (non-hydrogen) atoms. The fourth-order valence-corrected chi connectivity index (χ4v) is 3.59. The highest BCUT2D eigenvalue weighted by Gasteiger charge is 2.29. The molecule has 9 heteroatoms. The zero-order chi connectivity index (χ0) is 20.5. The number of hydrogen-bond acceptors (Lipinski definition) is 6. The van der Waals surface area contributed by atoms with Crippen molar-refractivity contribution < 1.29 is 19.0 Å². The summed E-state index contributed by atoms with van der Waals surface area (Å²) < 4.78 is 19.3. The largest absolute Gasteiger partial charge is 0.444 e. The Kier molecular flexibility index (Phi) is 6.19. The van der Waals surface area contributed by atoms with Gasteiger partial charge >= 0.3 is 6.09 Å². The number of ether oxygens (including phenoxy) is 1. The molecule has 0 saturated carbocycles. The third-order valence-electron chi connectivity index (χ3n) is 4.89. The number of anilines is 2. The second-order valence-corrected chi connectivity index (χ2v) is 8.67. The van der Waals surface area contributed by atoms with E-state index in [-0.39, 0.29) is 12.6 Å². The Labute approximate surface area is 170 Å². The van der Waals surface area contributed by atoms with Crippen molar-refractivity contribution in [2.75, 3.05) is 49.1 Å². The number of piperidine rings is 1. The van der Waals surface area contributed by atoms with E-state index in [1.807, 2.05) is 31.7 Å². The summed E-state index contributed by atoms with van der Waals surface area (Å²) in [5, 5.41) is 9.93. The molecule has 0 unspecified atom stereocenters. The number of nitrogens with zero attached hydrogens (tertiary/aromatic N) is 4. The molecule has 3 heterocycles. The van der Waals surface area contributed by atoms with Crippen LogP contribution >= 0.6 is 11.6 Å². The second-order valence-electron chi connectivity index (χ2n) is 8.28. The van der Waals surface area contributed by atoms with Crippen LogP contribution in [0.25, 0.3) is 0 Å². The molecule has 1 aromatic heterocycles. The molecule has 2 atom stereocenters. The molecule has 1 aromatic rings. The normalized spacial score (nSPS) is 23.7. The molecule has 0 radical (unpaired) electrons. The van der Waals surface area contributed by atoms with Crippen LogP contribution in [0, 0.1) is 0 Å². The summed E-state index contributed by atoms with van der Waals surface area (Å²) in [5.74, 6) is 0.603. The summed E-state index contributed by atoms with van der Waals surface area (Å²) in [5.41, 5.74) is 0.373. The number of carbonyl (C=O) groups is 1. The fourth-order valence-electron chi connectivity index (χ4n) is 3.39. The number of rotatable bonds is 2. The maximum absolute atomic E-state index is 13.9. The summed E-state index contributed by atoms with van der Waals surface area (Å²) in [6, 6.07) is 3.67. The smallest absolute Gasteiger partial charge is 0.410 e. The Hall–Kier alpha value is -1.80. The topological polar surface area (TPSA) is 69.1 Å². The van der Waals surface area contributed by atoms with Gasteiger partial charge < -0.3 is 24.5 Å². The van der Waals surface area contributed by atoms with Crippen LogP contribution < -0.4 is 9.80 Å². The van der Waals surface area contributed by atoms with E-state index in [9.17, 15) is 14.3 Å². The molecular weight excluding hydrogens is 387 g/mol. The Morgan fingerprint density at radius 2 is 1.89 bits per heavy atom. The predicted molar refractivity (Wildman–Crippen MR) is 107 cm³/mol. The second kappa shape index (κ2) is 8.29. The minimum Gasteiger partial charge on any atom is -0.444 e. The summed E-state index contributed by atoms with van der Waals surface area (Å²) in [7, 11) is 0. The third-order valence-corrected chi connectivity index (χ3v) is 5.09. The first kappa shape index (κ1) is 20.9. The number of aliphatic hydroxyl groups is 1. The molecule has 0 aliphatic carbocycles. The van der Waals surface area contributed by atoms with Crippen LogP contribution in [0.5, 0.6) is 0 Å². The van der Waals surface area contributed by atoms with Crippen LogP contribution in [0.4, 0.5) is 20.7 Å². The first-order valence-corrected chi connectivity index (χ1v) is 9.98. The lowest BCUT2D eigenvalue weighted by atomic mass is 10.1. The van der Waals surface area contributed by atoms with E-state index in [0.717, 1.165) is 5.69 Å². The maximum Gasteiger partial charge on any atom is 0.410 e. The highest BCUT2D eigenvalue weighted by atomic mass is 35.5. The lowest BCUT2D eigenvalue weighted by Crippen LogP contribution is -2.50. The van der Waals surface area contributed by atoms with Gasteiger partial charge in [-0.15, -0.1) is 0 Å². The van der Waals surface area contributed by atoms with Gasteiger partial charge in [-0.25, -0.2) is 14.2 Å². The van der Waals surface area contributed by atoms with Crippen molar-refractivity contribution >= 4 is 29.2 Å². The number of piperazine rings is 1. The molecule has 0 aromatic carbocycles.